The molecule has 0 saturated carbocycles. The number of carbonyl (C=O) groups is 2. The lowest BCUT2D eigenvalue weighted by Crippen LogP contribution is -2.17. The predicted octanol–water partition coefficient (Wildman–Crippen LogP) is 5.42. The molecule has 2 heterocycles. The summed E-state index contributed by atoms with van der Waals surface area (Å²) in [6.07, 6.45) is 0. The summed E-state index contributed by atoms with van der Waals surface area (Å²) >= 11 is 1.46. The van der Waals surface area contributed by atoms with Gasteiger partial charge in [0.2, 0.25) is 5.78 Å². The lowest BCUT2D eigenvalue weighted by atomic mass is 10.0. The van der Waals surface area contributed by atoms with Crippen LogP contribution < -0.4 is 0 Å². The van der Waals surface area contributed by atoms with Crippen molar-refractivity contribution in [3.05, 3.63) is 95.9 Å². The number of carbonyl (C=O) groups excluding carboxylic acids is 2. The number of rotatable bonds is 4. The second-order valence-corrected chi connectivity index (χ2v) is 7.54. The predicted molar refractivity (Wildman–Crippen MR) is 111 cm³/mol. The monoisotopic (exact) mass is 400 g/mol. The average Bonchev–Trinajstić information content (AvgIpc) is 3.30. The van der Waals surface area contributed by atoms with E-state index >= 15 is 0 Å². The Balaban J connectivity index is 1.76. The van der Waals surface area contributed by atoms with Crippen molar-refractivity contribution in [3.8, 4) is 11.3 Å². The number of para-hydroxylation sites is 1. The van der Waals surface area contributed by atoms with Crippen LogP contribution in [-0.2, 0) is 0 Å². The largest absolute Gasteiger partial charge is 0.285 e. The summed E-state index contributed by atoms with van der Waals surface area (Å²) < 4.78 is 16.0. The molecule has 0 aliphatic rings. The molecular weight excluding hydrogens is 387 g/mol. The average molecular weight is 400 g/mol. The van der Waals surface area contributed by atoms with E-state index in [2.05, 4.69) is 4.98 Å². The summed E-state index contributed by atoms with van der Waals surface area (Å²) in [5, 5.41) is 0. The van der Waals surface area contributed by atoms with Crippen LogP contribution in [0.2, 0.25) is 0 Å². The second kappa shape index (κ2) is 6.76. The van der Waals surface area contributed by atoms with Gasteiger partial charge in [-0.1, -0.05) is 53.8 Å². The summed E-state index contributed by atoms with van der Waals surface area (Å²) in [5.41, 5.74) is 2.39. The van der Waals surface area contributed by atoms with Crippen LogP contribution in [0, 0.1) is 5.82 Å². The minimum atomic E-state index is -0.695. The number of benzene rings is 3. The number of ketones is 2. The van der Waals surface area contributed by atoms with Crippen molar-refractivity contribution in [3.63, 3.8) is 0 Å². The maximum atomic E-state index is 13.3. The number of thiazole rings is 1. The summed E-state index contributed by atoms with van der Waals surface area (Å²) in [6.45, 7) is 0. The highest BCUT2D eigenvalue weighted by atomic mass is 32.1. The Labute approximate surface area is 168 Å². The zero-order chi connectivity index (χ0) is 20.0. The molecule has 0 saturated heterocycles. The van der Waals surface area contributed by atoms with E-state index in [4.69, 9.17) is 0 Å². The molecule has 4 nitrogen and oxygen atoms in total. The number of fused-ring (bicyclic) bond motifs is 3. The van der Waals surface area contributed by atoms with Gasteiger partial charge in [0.25, 0.3) is 5.78 Å². The molecule has 0 radical (unpaired) electrons. The topological polar surface area (TPSA) is 51.4 Å². The van der Waals surface area contributed by atoms with Gasteiger partial charge in [-0.15, -0.1) is 0 Å². The van der Waals surface area contributed by atoms with Crippen molar-refractivity contribution < 1.29 is 14.0 Å². The van der Waals surface area contributed by atoms with E-state index in [1.807, 2.05) is 54.6 Å². The number of aromatic nitrogens is 2. The Kier molecular flexibility index (Phi) is 4.07. The molecule has 0 fully saturated rings. The van der Waals surface area contributed by atoms with Crippen molar-refractivity contribution in [1.29, 1.82) is 0 Å². The first kappa shape index (κ1) is 17.5. The molecule has 6 heteroatoms. The number of halogens is 1. The molecule has 3 aromatic carbocycles. The molecule has 140 valence electrons. The van der Waals surface area contributed by atoms with Gasteiger partial charge in [-0.3, -0.25) is 14.0 Å². The molecule has 0 amide bonds. The highest BCUT2D eigenvalue weighted by Crippen LogP contribution is 2.33. The van der Waals surface area contributed by atoms with E-state index < -0.39 is 17.4 Å². The van der Waals surface area contributed by atoms with E-state index in [1.54, 1.807) is 4.40 Å². The van der Waals surface area contributed by atoms with Crippen LogP contribution in [0.5, 0.6) is 0 Å². The quantitative estimate of drug-likeness (QED) is 0.299. The Bertz CT molecular complexity index is 1390. The number of Topliss-reactive ketones (excluding diaryl/α,β-unsaturated/α-hetero) is 2. The summed E-state index contributed by atoms with van der Waals surface area (Å²) in [5.74, 6) is -1.83. The van der Waals surface area contributed by atoms with Gasteiger partial charge in [0, 0.05) is 11.1 Å². The van der Waals surface area contributed by atoms with E-state index in [0.717, 1.165) is 15.8 Å². The Hall–Kier alpha value is -3.64. The Morgan fingerprint density at radius 1 is 0.828 bits per heavy atom. The smallest absolute Gasteiger partial charge is 0.252 e. The zero-order valence-corrected chi connectivity index (χ0v) is 15.8. The van der Waals surface area contributed by atoms with Gasteiger partial charge in [-0.05, 0) is 36.4 Å². The molecule has 2 aromatic heterocycles. The zero-order valence-electron chi connectivity index (χ0n) is 15.0. The number of imidazole rings is 1. The van der Waals surface area contributed by atoms with Crippen molar-refractivity contribution >= 4 is 38.1 Å². The summed E-state index contributed by atoms with van der Waals surface area (Å²) in [6, 6.07) is 21.9. The van der Waals surface area contributed by atoms with Gasteiger partial charge in [0.05, 0.1) is 10.2 Å². The maximum absolute atomic E-state index is 13.3. The standard InChI is InChI=1S/C23H13FN2O2S/c24-16-12-10-15(11-13-16)21(27)22(28)20-19(14-6-2-1-3-7-14)25-23-26(20)17-8-4-5-9-18(17)29-23/h1-13H. The SMILES string of the molecule is O=C(C(=O)c1c(-c2ccccc2)nc2sc3ccccc3n12)c1ccc(F)cc1. The molecular formula is C23H13FN2O2S. The molecule has 0 spiro atoms. The van der Waals surface area contributed by atoms with Crippen LogP contribution in [0.1, 0.15) is 20.8 Å². The second-order valence-electron chi connectivity index (χ2n) is 6.53. The fourth-order valence-corrected chi connectivity index (χ4v) is 4.39. The number of nitrogens with zero attached hydrogens (tertiary/aromatic N) is 2. The van der Waals surface area contributed by atoms with Crippen LogP contribution in [0.3, 0.4) is 0 Å². The minimum Gasteiger partial charge on any atom is -0.285 e. The molecule has 29 heavy (non-hydrogen) atoms. The fraction of sp³-hybridized carbons (Fsp3) is 0. The first-order valence-electron chi connectivity index (χ1n) is 8.93. The molecule has 5 rings (SSSR count). The van der Waals surface area contributed by atoms with Crippen LogP contribution in [0.25, 0.3) is 26.4 Å². The first-order chi connectivity index (χ1) is 14.1. The Morgan fingerprint density at radius 3 is 2.28 bits per heavy atom. The number of hydrogen-bond acceptors (Lipinski definition) is 4. The van der Waals surface area contributed by atoms with Crippen LogP contribution in [-0.4, -0.2) is 21.0 Å². The highest BCUT2D eigenvalue weighted by Gasteiger charge is 2.28. The normalized spacial score (nSPS) is 11.2. The van der Waals surface area contributed by atoms with Crippen molar-refractivity contribution in [2.75, 3.05) is 0 Å². The molecule has 0 N–H and O–H groups in total. The molecule has 5 aromatic rings. The molecule has 0 bridgehead atoms. The minimum absolute atomic E-state index is 0.143. The van der Waals surface area contributed by atoms with Crippen LogP contribution >= 0.6 is 11.3 Å². The summed E-state index contributed by atoms with van der Waals surface area (Å²) in [7, 11) is 0. The van der Waals surface area contributed by atoms with Crippen molar-refractivity contribution in [1.82, 2.24) is 9.38 Å². The molecule has 0 aliphatic heterocycles. The van der Waals surface area contributed by atoms with E-state index in [9.17, 15) is 14.0 Å². The van der Waals surface area contributed by atoms with Gasteiger partial charge in [0.1, 0.15) is 17.2 Å². The third kappa shape index (κ3) is 2.85. The van der Waals surface area contributed by atoms with Crippen molar-refractivity contribution in [2.45, 2.75) is 0 Å². The highest BCUT2D eigenvalue weighted by molar-refractivity contribution is 7.23. The number of hydrogen-bond donors (Lipinski definition) is 0. The lowest BCUT2D eigenvalue weighted by molar-refractivity contribution is 0.0814. The van der Waals surface area contributed by atoms with Gasteiger partial charge in [0.15, 0.2) is 4.96 Å². The van der Waals surface area contributed by atoms with Gasteiger partial charge in [-0.2, -0.15) is 0 Å². The van der Waals surface area contributed by atoms with Crippen LogP contribution in [0.15, 0.2) is 78.9 Å². The molecule has 0 atom stereocenters. The first-order valence-corrected chi connectivity index (χ1v) is 9.75. The van der Waals surface area contributed by atoms with Gasteiger partial charge >= 0.3 is 0 Å². The Morgan fingerprint density at radius 2 is 1.52 bits per heavy atom. The van der Waals surface area contributed by atoms with Gasteiger partial charge < -0.3 is 0 Å². The van der Waals surface area contributed by atoms with Crippen molar-refractivity contribution in [2.24, 2.45) is 0 Å². The summed E-state index contributed by atoms with van der Waals surface area (Å²) in [4.78, 5) is 31.6. The fourth-order valence-electron chi connectivity index (χ4n) is 3.36. The van der Waals surface area contributed by atoms with Gasteiger partial charge in [-0.25, -0.2) is 9.37 Å². The van der Waals surface area contributed by atoms with E-state index in [0.29, 0.717) is 10.7 Å². The third-order valence-electron chi connectivity index (χ3n) is 4.73. The van der Waals surface area contributed by atoms with E-state index in [-0.39, 0.29) is 11.3 Å². The lowest BCUT2D eigenvalue weighted by Gasteiger charge is -2.05. The molecule has 0 unspecified atom stereocenters. The third-order valence-corrected chi connectivity index (χ3v) is 5.75. The maximum Gasteiger partial charge on any atom is 0.252 e. The van der Waals surface area contributed by atoms with Crippen LogP contribution in [0.4, 0.5) is 4.39 Å². The molecule has 0 aliphatic carbocycles. The van der Waals surface area contributed by atoms with E-state index in [1.165, 1.54) is 35.6 Å².